The van der Waals surface area contributed by atoms with E-state index in [4.69, 9.17) is 11.6 Å². The maximum atomic E-state index is 5.74. The van der Waals surface area contributed by atoms with Gasteiger partial charge in [-0.25, -0.2) is 0 Å². The minimum absolute atomic E-state index is 0.735. The predicted molar refractivity (Wildman–Crippen MR) is 45.1 cm³/mol. The lowest BCUT2D eigenvalue weighted by Gasteiger charge is -1.92. The van der Waals surface area contributed by atoms with Gasteiger partial charge in [0.15, 0.2) is 5.69 Å². The number of aromatic amines is 1. The molecule has 1 aromatic carbocycles. The Hall–Kier alpha value is -1.35. The lowest BCUT2D eigenvalue weighted by molar-refractivity contribution is -0.656. The fourth-order valence-electron chi connectivity index (χ4n) is 0.972. The third-order valence-electron chi connectivity index (χ3n) is 1.56. The molecule has 2 aromatic rings. The Morgan fingerprint density at radius 2 is 2.00 bits per heavy atom. The van der Waals surface area contributed by atoms with E-state index < -0.39 is 0 Å². The van der Waals surface area contributed by atoms with Crippen molar-refractivity contribution in [1.82, 2.24) is 10.1 Å². The van der Waals surface area contributed by atoms with Crippen LogP contribution in [0.5, 0.6) is 0 Å². The molecule has 0 saturated carbocycles. The van der Waals surface area contributed by atoms with Gasteiger partial charge in [-0.15, -0.1) is 4.68 Å². The number of halogens is 1. The SMILES string of the molecule is Clc1ccc(-[n+]2cnc[nH]2)cc1. The molecule has 0 radical (unpaired) electrons. The van der Waals surface area contributed by atoms with Gasteiger partial charge in [-0.3, -0.25) is 0 Å². The molecule has 0 aliphatic rings. The molecule has 4 heteroatoms. The van der Waals surface area contributed by atoms with Gasteiger partial charge in [0, 0.05) is 5.02 Å². The van der Waals surface area contributed by atoms with Crippen LogP contribution in [0.4, 0.5) is 0 Å². The van der Waals surface area contributed by atoms with Gasteiger partial charge in [0.1, 0.15) is 0 Å². The molecular weight excluding hydrogens is 174 g/mol. The topological polar surface area (TPSA) is 32.6 Å². The third-order valence-corrected chi connectivity index (χ3v) is 1.81. The molecule has 0 unspecified atom stereocenters. The quantitative estimate of drug-likeness (QED) is 0.660. The van der Waals surface area contributed by atoms with Gasteiger partial charge in [-0.05, 0) is 29.2 Å². The molecule has 0 fully saturated rings. The second-order valence-electron chi connectivity index (χ2n) is 2.37. The highest BCUT2D eigenvalue weighted by Crippen LogP contribution is 2.08. The highest BCUT2D eigenvalue weighted by Gasteiger charge is 2.01. The molecule has 0 saturated heterocycles. The summed E-state index contributed by atoms with van der Waals surface area (Å²) >= 11 is 5.74. The van der Waals surface area contributed by atoms with E-state index in [1.807, 2.05) is 24.3 Å². The molecule has 0 bridgehead atoms. The minimum Gasteiger partial charge on any atom is -0.189 e. The highest BCUT2D eigenvalue weighted by atomic mass is 35.5. The first-order valence-electron chi connectivity index (χ1n) is 3.52. The summed E-state index contributed by atoms with van der Waals surface area (Å²) in [7, 11) is 0. The predicted octanol–water partition coefficient (Wildman–Crippen LogP) is 1.34. The van der Waals surface area contributed by atoms with Crippen LogP contribution in [0, 0.1) is 0 Å². The lowest BCUT2D eigenvalue weighted by atomic mass is 10.3. The summed E-state index contributed by atoms with van der Waals surface area (Å²) < 4.78 is 1.80. The van der Waals surface area contributed by atoms with Crippen LogP contribution >= 0.6 is 11.6 Å². The van der Waals surface area contributed by atoms with Crippen LogP contribution in [0.2, 0.25) is 5.02 Å². The van der Waals surface area contributed by atoms with Gasteiger partial charge in [-0.2, -0.15) is 5.10 Å². The van der Waals surface area contributed by atoms with Crippen molar-refractivity contribution in [2.45, 2.75) is 0 Å². The van der Waals surface area contributed by atoms with E-state index >= 15 is 0 Å². The van der Waals surface area contributed by atoms with Gasteiger partial charge in [0.25, 0.3) is 0 Å². The fourth-order valence-corrected chi connectivity index (χ4v) is 1.10. The Balaban J connectivity index is 2.43. The smallest absolute Gasteiger partial charge is 0.189 e. The van der Waals surface area contributed by atoms with Gasteiger partial charge in [0.05, 0.1) is 0 Å². The molecule has 1 N–H and O–H groups in total. The number of benzene rings is 1. The number of nitrogens with one attached hydrogen (secondary N) is 1. The van der Waals surface area contributed by atoms with Crippen LogP contribution in [-0.2, 0) is 0 Å². The van der Waals surface area contributed by atoms with E-state index in [-0.39, 0.29) is 0 Å². The first-order chi connectivity index (χ1) is 5.86. The van der Waals surface area contributed by atoms with Crippen molar-refractivity contribution in [2.24, 2.45) is 0 Å². The number of aromatic nitrogens is 3. The van der Waals surface area contributed by atoms with Crippen LogP contribution in [-0.4, -0.2) is 10.1 Å². The average molecular weight is 181 g/mol. The summed E-state index contributed by atoms with van der Waals surface area (Å²) in [6.45, 7) is 0. The summed E-state index contributed by atoms with van der Waals surface area (Å²) in [5.74, 6) is 0. The Morgan fingerprint density at radius 1 is 1.25 bits per heavy atom. The lowest BCUT2D eigenvalue weighted by Crippen LogP contribution is -2.31. The zero-order valence-electron chi connectivity index (χ0n) is 6.24. The second-order valence-corrected chi connectivity index (χ2v) is 2.81. The largest absolute Gasteiger partial charge is 0.312 e. The van der Waals surface area contributed by atoms with Gasteiger partial charge in [-0.1, -0.05) is 11.6 Å². The monoisotopic (exact) mass is 180 g/mol. The fraction of sp³-hybridized carbons (Fsp3) is 0. The van der Waals surface area contributed by atoms with Crippen molar-refractivity contribution >= 4 is 11.6 Å². The zero-order valence-corrected chi connectivity index (χ0v) is 6.99. The van der Waals surface area contributed by atoms with E-state index in [1.165, 1.54) is 0 Å². The van der Waals surface area contributed by atoms with Crippen LogP contribution in [0.15, 0.2) is 36.9 Å². The summed E-state index contributed by atoms with van der Waals surface area (Å²) in [4.78, 5) is 3.90. The van der Waals surface area contributed by atoms with Crippen molar-refractivity contribution < 1.29 is 4.68 Å². The molecule has 0 amide bonds. The van der Waals surface area contributed by atoms with Crippen molar-refractivity contribution in [2.75, 3.05) is 0 Å². The summed E-state index contributed by atoms with van der Waals surface area (Å²) in [5, 5.41) is 3.67. The standard InChI is InChI=1S/C8H6ClN3/c9-7-1-3-8(4-2-7)12-6-10-5-11-12/h1-6H/p+1. The first-order valence-corrected chi connectivity index (χ1v) is 3.90. The third kappa shape index (κ3) is 1.31. The molecule has 1 heterocycles. The van der Waals surface area contributed by atoms with E-state index in [0.29, 0.717) is 0 Å². The number of nitrogens with zero attached hydrogens (tertiary/aromatic N) is 2. The number of H-pyrrole nitrogens is 1. The van der Waals surface area contributed by atoms with Crippen LogP contribution in [0.25, 0.3) is 5.69 Å². The van der Waals surface area contributed by atoms with Crippen molar-refractivity contribution in [1.29, 1.82) is 0 Å². The molecule has 0 aliphatic heterocycles. The number of hydrogen-bond acceptors (Lipinski definition) is 1. The Morgan fingerprint density at radius 3 is 2.58 bits per heavy atom. The maximum Gasteiger partial charge on any atom is 0.312 e. The van der Waals surface area contributed by atoms with Crippen LogP contribution in [0.1, 0.15) is 0 Å². The first kappa shape index (κ1) is 7.31. The van der Waals surface area contributed by atoms with Crippen molar-refractivity contribution in [3.8, 4) is 5.69 Å². The molecule has 3 nitrogen and oxygen atoms in total. The van der Waals surface area contributed by atoms with Gasteiger partial charge < -0.3 is 0 Å². The highest BCUT2D eigenvalue weighted by molar-refractivity contribution is 6.30. The number of rotatable bonds is 1. The normalized spacial score (nSPS) is 10.1. The van der Waals surface area contributed by atoms with Gasteiger partial charge in [0.2, 0.25) is 6.33 Å². The molecule has 0 spiro atoms. The van der Waals surface area contributed by atoms with Crippen LogP contribution < -0.4 is 4.68 Å². The Kier molecular flexibility index (Phi) is 1.80. The minimum atomic E-state index is 0.735. The van der Waals surface area contributed by atoms with Crippen LogP contribution in [0.3, 0.4) is 0 Å². The zero-order chi connectivity index (χ0) is 8.39. The average Bonchev–Trinajstić information content (AvgIpc) is 2.58. The molecule has 12 heavy (non-hydrogen) atoms. The summed E-state index contributed by atoms with van der Waals surface area (Å²) in [5.41, 5.74) is 1.01. The molecule has 2 rings (SSSR count). The van der Waals surface area contributed by atoms with Crippen molar-refractivity contribution in [3.05, 3.63) is 41.9 Å². The molecule has 60 valence electrons. The van der Waals surface area contributed by atoms with Crippen molar-refractivity contribution in [3.63, 3.8) is 0 Å². The maximum absolute atomic E-state index is 5.74. The van der Waals surface area contributed by atoms with Gasteiger partial charge >= 0.3 is 6.33 Å². The summed E-state index contributed by atoms with van der Waals surface area (Å²) in [6, 6.07) is 7.51. The van der Waals surface area contributed by atoms with E-state index in [0.717, 1.165) is 10.7 Å². The molecule has 0 atom stereocenters. The summed E-state index contributed by atoms with van der Waals surface area (Å²) in [6.07, 6.45) is 3.32. The number of hydrogen-bond donors (Lipinski definition) is 1. The Bertz CT molecular complexity index is 352. The van der Waals surface area contributed by atoms with E-state index in [1.54, 1.807) is 17.3 Å². The van der Waals surface area contributed by atoms with E-state index in [2.05, 4.69) is 10.1 Å². The molecule has 1 aromatic heterocycles. The van der Waals surface area contributed by atoms with E-state index in [9.17, 15) is 0 Å². The molecular formula is C8H7ClN3+. The Labute approximate surface area is 74.6 Å². The second kappa shape index (κ2) is 2.95. The molecule has 0 aliphatic carbocycles.